The Balaban J connectivity index is 1.85. The second-order valence-corrected chi connectivity index (χ2v) is 6.91. The summed E-state index contributed by atoms with van der Waals surface area (Å²) in [5.41, 5.74) is 0.608. The van der Waals surface area contributed by atoms with Gasteiger partial charge in [0.15, 0.2) is 0 Å². The molecule has 2 fully saturated rings. The lowest BCUT2D eigenvalue weighted by atomic mass is 9.75. The minimum absolute atomic E-state index is 0.608. The molecule has 2 heteroatoms. The van der Waals surface area contributed by atoms with Gasteiger partial charge in [-0.1, -0.05) is 40.0 Å². The molecule has 100 valence electrons. The Morgan fingerprint density at radius 2 is 1.94 bits per heavy atom. The summed E-state index contributed by atoms with van der Waals surface area (Å²) >= 11 is 0. The van der Waals surface area contributed by atoms with Crippen molar-refractivity contribution in [1.29, 1.82) is 0 Å². The first kappa shape index (κ1) is 13.4. The molecule has 1 N–H and O–H groups in total. The Hall–Kier alpha value is -0.0800. The van der Waals surface area contributed by atoms with Gasteiger partial charge >= 0.3 is 0 Å². The highest BCUT2D eigenvalue weighted by Crippen LogP contribution is 2.36. The molecule has 1 unspecified atom stereocenters. The van der Waals surface area contributed by atoms with Crippen molar-refractivity contribution in [3.05, 3.63) is 0 Å². The Bertz CT molecular complexity index is 231. The third-order valence-electron chi connectivity index (χ3n) is 4.76. The van der Waals surface area contributed by atoms with Crippen LogP contribution in [-0.4, -0.2) is 37.1 Å². The molecule has 0 aromatic heterocycles. The molecule has 0 aromatic rings. The maximum Gasteiger partial charge on any atom is 0.0218 e. The SMILES string of the molecule is CC(C)C1CN(CC2(C)CCCCC2)CCN1. The zero-order valence-electron chi connectivity index (χ0n) is 12.0. The van der Waals surface area contributed by atoms with Crippen LogP contribution in [0.3, 0.4) is 0 Å². The van der Waals surface area contributed by atoms with Crippen LogP contribution in [0.5, 0.6) is 0 Å². The zero-order chi connectivity index (χ0) is 12.3. The van der Waals surface area contributed by atoms with E-state index < -0.39 is 0 Å². The predicted octanol–water partition coefficient (Wildman–Crippen LogP) is 2.89. The fourth-order valence-corrected chi connectivity index (χ4v) is 3.54. The van der Waals surface area contributed by atoms with Gasteiger partial charge in [0, 0.05) is 32.2 Å². The summed E-state index contributed by atoms with van der Waals surface area (Å²) in [6.07, 6.45) is 7.27. The lowest BCUT2D eigenvalue weighted by Crippen LogP contribution is -2.54. The molecule has 1 atom stereocenters. The normalized spacial score (nSPS) is 30.7. The highest BCUT2D eigenvalue weighted by molar-refractivity contribution is 4.87. The van der Waals surface area contributed by atoms with Gasteiger partial charge in [-0.3, -0.25) is 4.90 Å². The van der Waals surface area contributed by atoms with E-state index in [1.54, 1.807) is 0 Å². The molecular weight excluding hydrogens is 208 g/mol. The number of rotatable bonds is 3. The average molecular weight is 238 g/mol. The first-order valence-electron chi connectivity index (χ1n) is 7.55. The van der Waals surface area contributed by atoms with Crippen LogP contribution in [-0.2, 0) is 0 Å². The molecule has 1 aliphatic heterocycles. The van der Waals surface area contributed by atoms with Gasteiger partial charge in [0.25, 0.3) is 0 Å². The second kappa shape index (κ2) is 5.71. The van der Waals surface area contributed by atoms with E-state index in [0.29, 0.717) is 11.5 Å². The van der Waals surface area contributed by atoms with Gasteiger partial charge in [0.2, 0.25) is 0 Å². The molecule has 0 radical (unpaired) electrons. The summed E-state index contributed by atoms with van der Waals surface area (Å²) < 4.78 is 0. The van der Waals surface area contributed by atoms with E-state index >= 15 is 0 Å². The summed E-state index contributed by atoms with van der Waals surface area (Å²) in [6, 6.07) is 0.705. The van der Waals surface area contributed by atoms with Gasteiger partial charge in [0.1, 0.15) is 0 Å². The van der Waals surface area contributed by atoms with E-state index in [-0.39, 0.29) is 0 Å². The van der Waals surface area contributed by atoms with Crippen molar-refractivity contribution in [2.75, 3.05) is 26.2 Å². The Labute approximate surface area is 107 Å². The topological polar surface area (TPSA) is 15.3 Å². The standard InChI is InChI=1S/C15H30N2/c1-13(2)14-11-17(10-9-16-14)12-15(3)7-5-4-6-8-15/h13-14,16H,4-12H2,1-3H3. The Morgan fingerprint density at radius 3 is 2.59 bits per heavy atom. The number of piperazine rings is 1. The van der Waals surface area contributed by atoms with Crippen molar-refractivity contribution in [2.45, 2.75) is 58.9 Å². The molecule has 0 bridgehead atoms. The smallest absolute Gasteiger partial charge is 0.0218 e. The van der Waals surface area contributed by atoms with Crippen LogP contribution in [0, 0.1) is 11.3 Å². The quantitative estimate of drug-likeness (QED) is 0.813. The first-order valence-corrected chi connectivity index (χ1v) is 7.55. The minimum atomic E-state index is 0.608. The van der Waals surface area contributed by atoms with Crippen LogP contribution in [0.15, 0.2) is 0 Å². The fourth-order valence-electron chi connectivity index (χ4n) is 3.54. The average Bonchev–Trinajstić information content (AvgIpc) is 2.29. The molecular formula is C15H30N2. The van der Waals surface area contributed by atoms with E-state index in [9.17, 15) is 0 Å². The van der Waals surface area contributed by atoms with Gasteiger partial charge < -0.3 is 5.32 Å². The number of nitrogens with zero attached hydrogens (tertiary/aromatic N) is 1. The van der Waals surface area contributed by atoms with Crippen LogP contribution in [0.25, 0.3) is 0 Å². The second-order valence-electron chi connectivity index (χ2n) is 6.91. The summed E-state index contributed by atoms with van der Waals surface area (Å²) in [6.45, 7) is 12.2. The first-order chi connectivity index (χ1) is 8.09. The van der Waals surface area contributed by atoms with E-state index in [1.165, 1.54) is 58.3 Å². The molecule has 1 saturated heterocycles. The van der Waals surface area contributed by atoms with Gasteiger partial charge in [-0.25, -0.2) is 0 Å². The third kappa shape index (κ3) is 3.69. The summed E-state index contributed by atoms with van der Waals surface area (Å²) in [5, 5.41) is 3.66. The number of nitrogens with one attached hydrogen (secondary N) is 1. The lowest BCUT2D eigenvalue weighted by molar-refractivity contribution is 0.0891. The minimum Gasteiger partial charge on any atom is -0.311 e. The maximum absolute atomic E-state index is 3.66. The van der Waals surface area contributed by atoms with Crippen molar-refractivity contribution in [2.24, 2.45) is 11.3 Å². The van der Waals surface area contributed by atoms with Crippen LogP contribution >= 0.6 is 0 Å². The largest absolute Gasteiger partial charge is 0.311 e. The monoisotopic (exact) mass is 238 g/mol. The highest BCUT2D eigenvalue weighted by atomic mass is 15.2. The van der Waals surface area contributed by atoms with Gasteiger partial charge in [0.05, 0.1) is 0 Å². The van der Waals surface area contributed by atoms with E-state index in [0.717, 1.165) is 5.92 Å². The molecule has 0 spiro atoms. The number of hydrogen-bond acceptors (Lipinski definition) is 2. The van der Waals surface area contributed by atoms with Crippen LogP contribution in [0.2, 0.25) is 0 Å². The molecule has 1 aliphatic carbocycles. The Kier molecular flexibility index (Phi) is 4.48. The highest BCUT2D eigenvalue weighted by Gasteiger charge is 2.31. The molecule has 2 rings (SSSR count). The molecule has 2 aliphatic rings. The maximum atomic E-state index is 3.66. The molecule has 1 saturated carbocycles. The summed E-state index contributed by atoms with van der Waals surface area (Å²) in [5.74, 6) is 0.761. The van der Waals surface area contributed by atoms with Crippen molar-refractivity contribution >= 4 is 0 Å². The number of hydrogen-bond donors (Lipinski definition) is 1. The van der Waals surface area contributed by atoms with Crippen molar-refractivity contribution in [1.82, 2.24) is 10.2 Å². The van der Waals surface area contributed by atoms with Gasteiger partial charge in [-0.15, -0.1) is 0 Å². The van der Waals surface area contributed by atoms with Crippen LogP contribution in [0.1, 0.15) is 52.9 Å². The molecule has 2 nitrogen and oxygen atoms in total. The van der Waals surface area contributed by atoms with Crippen LogP contribution < -0.4 is 5.32 Å². The van der Waals surface area contributed by atoms with Gasteiger partial charge in [-0.2, -0.15) is 0 Å². The zero-order valence-corrected chi connectivity index (χ0v) is 12.0. The predicted molar refractivity (Wildman–Crippen MR) is 74.3 cm³/mol. The summed E-state index contributed by atoms with van der Waals surface area (Å²) in [7, 11) is 0. The van der Waals surface area contributed by atoms with E-state index in [1.807, 2.05) is 0 Å². The Morgan fingerprint density at radius 1 is 1.24 bits per heavy atom. The van der Waals surface area contributed by atoms with Crippen LogP contribution in [0.4, 0.5) is 0 Å². The summed E-state index contributed by atoms with van der Waals surface area (Å²) in [4.78, 5) is 2.71. The third-order valence-corrected chi connectivity index (χ3v) is 4.76. The van der Waals surface area contributed by atoms with Crippen molar-refractivity contribution in [3.8, 4) is 0 Å². The van der Waals surface area contributed by atoms with Crippen molar-refractivity contribution < 1.29 is 0 Å². The molecule has 1 heterocycles. The lowest BCUT2D eigenvalue weighted by Gasteiger charge is -2.42. The van der Waals surface area contributed by atoms with Crippen molar-refractivity contribution in [3.63, 3.8) is 0 Å². The fraction of sp³-hybridized carbons (Fsp3) is 1.00. The molecule has 0 aromatic carbocycles. The molecule has 0 amide bonds. The van der Waals surface area contributed by atoms with Gasteiger partial charge in [-0.05, 0) is 24.2 Å². The van der Waals surface area contributed by atoms with E-state index in [4.69, 9.17) is 0 Å². The van der Waals surface area contributed by atoms with E-state index in [2.05, 4.69) is 31.0 Å². The molecule has 17 heavy (non-hydrogen) atoms.